The Morgan fingerprint density at radius 1 is 1.12 bits per heavy atom. The predicted octanol–water partition coefficient (Wildman–Crippen LogP) is 4.55. The molecule has 0 aliphatic heterocycles. The highest BCUT2D eigenvalue weighted by atomic mass is 15.1. The summed E-state index contributed by atoms with van der Waals surface area (Å²) in [5.74, 6) is 0. The van der Waals surface area contributed by atoms with Gasteiger partial charge in [0.1, 0.15) is 0 Å². The molecule has 24 heavy (non-hydrogen) atoms. The molecule has 4 rings (SSSR count). The van der Waals surface area contributed by atoms with E-state index in [-0.39, 0.29) is 0 Å². The van der Waals surface area contributed by atoms with Crippen LogP contribution in [0.5, 0.6) is 0 Å². The Morgan fingerprint density at radius 2 is 1.96 bits per heavy atom. The standard InChI is InChI=1S/C21H23N3/c1-15-9-11-17(12-10-15)21-18(14-23-24-21)13-22-20-8-4-6-16-5-2-3-7-19(16)20/h2-3,5,7,9-12,14,20,22H,4,6,8,13H2,1H3,(H,23,24). The molecule has 1 aliphatic carbocycles. The molecule has 0 radical (unpaired) electrons. The maximum absolute atomic E-state index is 4.26. The van der Waals surface area contributed by atoms with Crippen LogP contribution < -0.4 is 5.32 Å². The number of hydrogen-bond acceptors (Lipinski definition) is 2. The van der Waals surface area contributed by atoms with Crippen LogP contribution in [0.3, 0.4) is 0 Å². The van der Waals surface area contributed by atoms with Gasteiger partial charge in [-0.1, -0.05) is 54.1 Å². The van der Waals surface area contributed by atoms with Crippen LogP contribution in [0, 0.1) is 6.92 Å². The number of H-pyrrole nitrogens is 1. The van der Waals surface area contributed by atoms with Gasteiger partial charge in [-0.3, -0.25) is 5.10 Å². The van der Waals surface area contributed by atoms with Gasteiger partial charge in [0.2, 0.25) is 0 Å². The number of fused-ring (bicyclic) bond motifs is 1. The van der Waals surface area contributed by atoms with Gasteiger partial charge in [0.15, 0.2) is 0 Å². The van der Waals surface area contributed by atoms with Crippen molar-refractivity contribution in [1.29, 1.82) is 0 Å². The summed E-state index contributed by atoms with van der Waals surface area (Å²) in [6, 6.07) is 17.9. The second-order valence-electron chi connectivity index (χ2n) is 6.66. The van der Waals surface area contributed by atoms with Crippen LogP contribution in [-0.2, 0) is 13.0 Å². The normalized spacial score (nSPS) is 16.8. The summed E-state index contributed by atoms with van der Waals surface area (Å²) >= 11 is 0. The van der Waals surface area contributed by atoms with E-state index in [0.717, 1.165) is 12.2 Å². The average Bonchev–Trinajstić information content (AvgIpc) is 3.09. The van der Waals surface area contributed by atoms with Crippen molar-refractivity contribution in [2.75, 3.05) is 0 Å². The third-order valence-corrected chi connectivity index (χ3v) is 4.97. The molecule has 2 aromatic carbocycles. The third-order valence-electron chi connectivity index (χ3n) is 4.97. The molecule has 122 valence electrons. The van der Waals surface area contributed by atoms with E-state index in [4.69, 9.17) is 0 Å². The van der Waals surface area contributed by atoms with Crippen molar-refractivity contribution in [3.8, 4) is 11.3 Å². The van der Waals surface area contributed by atoms with E-state index >= 15 is 0 Å². The lowest BCUT2D eigenvalue weighted by molar-refractivity contribution is 0.459. The van der Waals surface area contributed by atoms with E-state index in [0.29, 0.717) is 6.04 Å². The molecule has 0 bridgehead atoms. The van der Waals surface area contributed by atoms with Crippen LogP contribution in [0.4, 0.5) is 0 Å². The Bertz CT molecular complexity index is 817. The topological polar surface area (TPSA) is 40.7 Å². The summed E-state index contributed by atoms with van der Waals surface area (Å²) in [5, 5.41) is 11.2. The van der Waals surface area contributed by atoms with E-state index in [1.807, 2.05) is 6.20 Å². The fourth-order valence-electron chi connectivity index (χ4n) is 3.61. The Hall–Kier alpha value is -2.39. The SMILES string of the molecule is Cc1ccc(-c2[nH]ncc2CNC2CCCc3ccccc32)cc1. The molecule has 2 N–H and O–H groups in total. The number of aromatic nitrogens is 2. The van der Waals surface area contributed by atoms with Crippen LogP contribution in [0.25, 0.3) is 11.3 Å². The molecule has 3 aromatic rings. The Kier molecular flexibility index (Phi) is 4.18. The lowest BCUT2D eigenvalue weighted by Crippen LogP contribution is -2.24. The summed E-state index contributed by atoms with van der Waals surface area (Å²) in [5.41, 5.74) is 7.76. The van der Waals surface area contributed by atoms with Crippen LogP contribution in [0.15, 0.2) is 54.7 Å². The first-order valence-corrected chi connectivity index (χ1v) is 8.72. The van der Waals surface area contributed by atoms with Crippen molar-refractivity contribution >= 4 is 0 Å². The maximum Gasteiger partial charge on any atom is 0.0695 e. The molecule has 1 heterocycles. The predicted molar refractivity (Wildman–Crippen MR) is 97.7 cm³/mol. The molecule has 0 saturated heterocycles. The largest absolute Gasteiger partial charge is 0.306 e. The molecule has 0 fully saturated rings. The van der Waals surface area contributed by atoms with Crippen molar-refractivity contribution in [3.05, 3.63) is 77.0 Å². The number of benzene rings is 2. The van der Waals surface area contributed by atoms with E-state index in [9.17, 15) is 0 Å². The molecular formula is C21H23N3. The molecule has 0 spiro atoms. The van der Waals surface area contributed by atoms with Gasteiger partial charge in [0.25, 0.3) is 0 Å². The summed E-state index contributed by atoms with van der Waals surface area (Å²) in [6.07, 6.45) is 5.60. The number of aromatic amines is 1. The van der Waals surface area contributed by atoms with Gasteiger partial charge in [0.05, 0.1) is 11.9 Å². The van der Waals surface area contributed by atoms with Crippen LogP contribution in [-0.4, -0.2) is 10.2 Å². The first-order chi connectivity index (χ1) is 11.8. The third kappa shape index (κ3) is 3.00. The molecule has 3 heteroatoms. The van der Waals surface area contributed by atoms with Gasteiger partial charge in [-0.15, -0.1) is 0 Å². The highest BCUT2D eigenvalue weighted by Crippen LogP contribution is 2.30. The number of aryl methyl sites for hydroxylation is 2. The summed E-state index contributed by atoms with van der Waals surface area (Å²) in [4.78, 5) is 0. The highest BCUT2D eigenvalue weighted by molar-refractivity contribution is 5.62. The highest BCUT2D eigenvalue weighted by Gasteiger charge is 2.19. The maximum atomic E-state index is 4.26. The molecule has 0 saturated carbocycles. The molecule has 1 unspecified atom stereocenters. The van der Waals surface area contributed by atoms with Gasteiger partial charge in [-0.05, 0) is 42.9 Å². The fraction of sp³-hybridized carbons (Fsp3) is 0.286. The van der Waals surface area contributed by atoms with E-state index < -0.39 is 0 Å². The number of rotatable bonds is 4. The van der Waals surface area contributed by atoms with Gasteiger partial charge in [-0.25, -0.2) is 0 Å². The lowest BCUT2D eigenvalue weighted by atomic mass is 9.87. The first-order valence-electron chi connectivity index (χ1n) is 8.72. The minimum absolute atomic E-state index is 0.440. The zero-order valence-electron chi connectivity index (χ0n) is 14.0. The molecule has 1 aromatic heterocycles. The second kappa shape index (κ2) is 6.62. The Morgan fingerprint density at radius 3 is 2.83 bits per heavy atom. The van der Waals surface area contributed by atoms with Crippen molar-refractivity contribution < 1.29 is 0 Å². The molecule has 3 nitrogen and oxygen atoms in total. The van der Waals surface area contributed by atoms with E-state index in [2.05, 4.69) is 71.0 Å². The molecular weight excluding hydrogens is 294 g/mol. The van der Waals surface area contributed by atoms with Crippen molar-refractivity contribution in [2.24, 2.45) is 0 Å². The zero-order valence-corrected chi connectivity index (χ0v) is 14.0. The quantitative estimate of drug-likeness (QED) is 0.741. The Labute approximate surface area is 143 Å². The lowest BCUT2D eigenvalue weighted by Gasteiger charge is -2.26. The molecule has 0 amide bonds. The first kappa shape index (κ1) is 15.2. The fourth-order valence-corrected chi connectivity index (χ4v) is 3.61. The van der Waals surface area contributed by atoms with Gasteiger partial charge in [0, 0.05) is 18.2 Å². The van der Waals surface area contributed by atoms with E-state index in [1.165, 1.54) is 47.1 Å². The summed E-state index contributed by atoms with van der Waals surface area (Å²) in [6.45, 7) is 2.94. The Balaban J connectivity index is 1.52. The van der Waals surface area contributed by atoms with Gasteiger partial charge >= 0.3 is 0 Å². The number of nitrogens with one attached hydrogen (secondary N) is 2. The van der Waals surface area contributed by atoms with Gasteiger partial charge < -0.3 is 5.32 Å². The van der Waals surface area contributed by atoms with Gasteiger partial charge in [-0.2, -0.15) is 5.10 Å². The monoisotopic (exact) mass is 317 g/mol. The molecule has 1 atom stereocenters. The summed E-state index contributed by atoms with van der Waals surface area (Å²) in [7, 11) is 0. The molecule has 1 aliphatic rings. The van der Waals surface area contributed by atoms with Crippen molar-refractivity contribution in [1.82, 2.24) is 15.5 Å². The average molecular weight is 317 g/mol. The van der Waals surface area contributed by atoms with E-state index in [1.54, 1.807) is 0 Å². The minimum Gasteiger partial charge on any atom is -0.306 e. The minimum atomic E-state index is 0.440. The van der Waals surface area contributed by atoms with Crippen LogP contribution in [0.1, 0.15) is 41.1 Å². The second-order valence-corrected chi connectivity index (χ2v) is 6.66. The number of nitrogens with zero attached hydrogens (tertiary/aromatic N) is 1. The summed E-state index contributed by atoms with van der Waals surface area (Å²) < 4.78 is 0. The van der Waals surface area contributed by atoms with Crippen LogP contribution in [0.2, 0.25) is 0 Å². The van der Waals surface area contributed by atoms with Crippen molar-refractivity contribution in [3.63, 3.8) is 0 Å². The smallest absolute Gasteiger partial charge is 0.0695 e. The zero-order chi connectivity index (χ0) is 16.4. The number of hydrogen-bond donors (Lipinski definition) is 2. The van der Waals surface area contributed by atoms with Crippen LogP contribution >= 0.6 is 0 Å². The van der Waals surface area contributed by atoms with Crippen molar-refractivity contribution in [2.45, 2.75) is 38.8 Å².